The van der Waals surface area contributed by atoms with Crippen LogP contribution in [0, 0.1) is 6.92 Å². The summed E-state index contributed by atoms with van der Waals surface area (Å²) < 4.78 is 5.02. The Morgan fingerprint density at radius 1 is 1.20 bits per heavy atom. The Morgan fingerprint density at radius 3 is 2.75 bits per heavy atom. The quantitative estimate of drug-likeness (QED) is 0.758. The minimum absolute atomic E-state index is 0.821. The van der Waals surface area contributed by atoms with Gasteiger partial charge in [0.2, 0.25) is 0 Å². The highest BCUT2D eigenvalue weighted by Crippen LogP contribution is 2.27. The summed E-state index contributed by atoms with van der Waals surface area (Å²) in [6.45, 7) is 4.95. The second-order valence-electron chi connectivity index (χ2n) is 4.72. The maximum atomic E-state index is 5.02. The number of benzene rings is 1. The Labute approximate surface area is 125 Å². The van der Waals surface area contributed by atoms with Crippen molar-refractivity contribution in [1.82, 2.24) is 10.3 Å². The zero-order chi connectivity index (χ0) is 14.2. The number of hydrogen-bond donors (Lipinski definition) is 1. The van der Waals surface area contributed by atoms with Gasteiger partial charge in [-0.25, -0.2) is 4.98 Å². The van der Waals surface area contributed by atoms with Crippen LogP contribution in [0.1, 0.15) is 16.3 Å². The van der Waals surface area contributed by atoms with E-state index in [0.29, 0.717) is 0 Å². The van der Waals surface area contributed by atoms with Crippen molar-refractivity contribution in [2.45, 2.75) is 19.8 Å². The van der Waals surface area contributed by atoms with E-state index in [2.05, 4.69) is 36.5 Å². The zero-order valence-electron chi connectivity index (χ0n) is 12.2. The fraction of sp³-hybridized carbons (Fsp3) is 0.438. The Hall–Kier alpha value is -1.23. The van der Waals surface area contributed by atoms with Gasteiger partial charge in [-0.05, 0) is 19.9 Å². The summed E-state index contributed by atoms with van der Waals surface area (Å²) in [5.41, 5.74) is 2.34. The van der Waals surface area contributed by atoms with E-state index in [9.17, 15) is 0 Å². The molecule has 0 unspecified atom stereocenters. The first-order valence-corrected chi connectivity index (χ1v) is 7.84. The minimum Gasteiger partial charge on any atom is -0.385 e. The second kappa shape index (κ2) is 8.15. The number of thiazole rings is 1. The van der Waals surface area contributed by atoms with Crippen molar-refractivity contribution in [2.75, 3.05) is 26.8 Å². The molecule has 0 aliphatic carbocycles. The van der Waals surface area contributed by atoms with E-state index in [1.165, 1.54) is 15.4 Å². The fourth-order valence-electron chi connectivity index (χ4n) is 2.08. The normalized spacial score (nSPS) is 10.9. The molecule has 0 fully saturated rings. The molecule has 0 saturated heterocycles. The van der Waals surface area contributed by atoms with Crippen molar-refractivity contribution in [2.24, 2.45) is 0 Å². The predicted octanol–water partition coefficient (Wildman–Crippen LogP) is 3.29. The number of hydrogen-bond acceptors (Lipinski definition) is 4. The van der Waals surface area contributed by atoms with E-state index in [4.69, 9.17) is 9.72 Å². The third-order valence-corrected chi connectivity index (χ3v) is 4.14. The van der Waals surface area contributed by atoms with Gasteiger partial charge in [0, 0.05) is 37.1 Å². The summed E-state index contributed by atoms with van der Waals surface area (Å²) in [7, 11) is 1.74. The van der Waals surface area contributed by atoms with Gasteiger partial charge in [-0.1, -0.05) is 30.3 Å². The van der Waals surface area contributed by atoms with Crippen LogP contribution in [0.2, 0.25) is 0 Å². The lowest BCUT2D eigenvalue weighted by molar-refractivity contribution is 0.194. The van der Waals surface area contributed by atoms with Crippen molar-refractivity contribution in [3.8, 4) is 11.3 Å². The van der Waals surface area contributed by atoms with Crippen LogP contribution in [0.15, 0.2) is 30.3 Å². The van der Waals surface area contributed by atoms with Gasteiger partial charge >= 0.3 is 0 Å². The van der Waals surface area contributed by atoms with Gasteiger partial charge in [0.05, 0.1) is 10.7 Å². The topological polar surface area (TPSA) is 34.1 Å². The maximum absolute atomic E-state index is 5.02. The number of rotatable bonds is 8. The minimum atomic E-state index is 0.821. The number of methoxy groups -OCH3 is 1. The highest BCUT2D eigenvalue weighted by Gasteiger charge is 2.08. The molecule has 20 heavy (non-hydrogen) atoms. The van der Waals surface area contributed by atoms with Crippen molar-refractivity contribution < 1.29 is 4.74 Å². The molecule has 1 N–H and O–H groups in total. The van der Waals surface area contributed by atoms with E-state index >= 15 is 0 Å². The molecular weight excluding hydrogens is 268 g/mol. The first kappa shape index (κ1) is 15.2. The first-order chi connectivity index (χ1) is 9.81. The van der Waals surface area contributed by atoms with Gasteiger partial charge in [0.15, 0.2) is 0 Å². The highest BCUT2D eigenvalue weighted by atomic mass is 32.1. The van der Waals surface area contributed by atoms with Gasteiger partial charge in [-0.3, -0.25) is 0 Å². The average molecular weight is 290 g/mol. The van der Waals surface area contributed by atoms with Crippen molar-refractivity contribution in [1.29, 1.82) is 0 Å². The van der Waals surface area contributed by atoms with E-state index in [1.54, 1.807) is 18.4 Å². The van der Waals surface area contributed by atoms with E-state index in [1.807, 2.05) is 6.07 Å². The van der Waals surface area contributed by atoms with Gasteiger partial charge in [-0.2, -0.15) is 0 Å². The monoisotopic (exact) mass is 290 g/mol. The van der Waals surface area contributed by atoms with Crippen LogP contribution in [-0.4, -0.2) is 31.8 Å². The lowest BCUT2D eigenvalue weighted by Crippen LogP contribution is -2.19. The van der Waals surface area contributed by atoms with Crippen LogP contribution in [-0.2, 0) is 11.2 Å². The molecule has 0 bridgehead atoms. The molecule has 2 rings (SSSR count). The third kappa shape index (κ3) is 4.40. The van der Waals surface area contributed by atoms with Crippen LogP contribution in [0.25, 0.3) is 11.3 Å². The van der Waals surface area contributed by atoms with Crippen LogP contribution in [0.4, 0.5) is 0 Å². The summed E-state index contributed by atoms with van der Waals surface area (Å²) in [4.78, 5) is 6.06. The molecule has 0 amide bonds. The molecule has 0 aliphatic heterocycles. The average Bonchev–Trinajstić information content (AvgIpc) is 2.85. The smallest absolute Gasteiger partial charge is 0.0948 e. The molecule has 108 valence electrons. The Bertz CT molecular complexity index is 510. The van der Waals surface area contributed by atoms with E-state index < -0.39 is 0 Å². The molecule has 0 atom stereocenters. The summed E-state index contributed by atoms with van der Waals surface area (Å²) in [5.74, 6) is 0. The maximum Gasteiger partial charge on any atom is 0.0948 e. The van der Waals surface area contributed by atoms with Crippen LogP contribution < -0.4 is 5.32 Å². The Balaban J connectivity index is 1.85. The SMILES string of the molecule is COCCCNCCc1nc(-c2ccccc2)c(C)s1. The zero-order valence-corrected chi connectivity index (χ0v) is 13.0. The number of aromatic nitrogens is 1. The summed E-state index contributed by atoms with van der Waals surface area (Å²) >= 11 is 1.80. The van der Waals surface area contributed by atoms with Crippen LogP contribution in [0.3, 0.4) is 0 Å². The largest absolute Gasteiger partial charge is 0.385 e. The molecule has 2 aromatic rings. The molecule has 1 aromatic heterocycles. The molecule has 0 spiro atoms. The van der Waals surface area contributed by atoms with Crippen LogP contribution >= 0.6 is 11.3 Å². The second-order valence-corrected chi connectivity index (χ2v) is 6.01. The number of aryl methyl sites for hydroxylation is 1. The summed E-state index contributed by atoms with van der Waals surface area (Å²) in [6, 6.07) is 10.4. The van der Waals surface area contributed by atoms with Gasteiger partial charge in [0.25, 0.3) is 0 Å². The lowest BCUT2D eigenvalue weighted by Gasteiger charge is -2.02. The molecule has 0 saturated carbocycles. The molecule has 0 aliphatic rings. The third-order valence-electron chi connectivity index (χ3n) is 3.11. The molecule has 3 nitrogen and oxygen atoms in total. The summed E-state index contributed by atoms with van der Waals surface area (Å²) in [6.07, 6.45) is 2.05. The first-order valence-electron chi connectivity index (χ1n) is 7.02. The van der Waals surface area contributed by atoms with Crippen molar-refractivity contribution in [3.05, 3.63) is 40.2 Å². The molecular formula is C16H22N2OS. The molecule has 1 aromatic carbocycles. The lowest BCUT2D eigenvalue weighted by atomic mass is 10.1. The molecule has 0 radical (unpaired) electrons. The number of nitrogens with zero attached hydrogens (tertiary/aromatic N) is 1. The van der Waals surface area contributed by atoms with Crippen molar-refractivity contribution in [3.63, 3.8) is 0 Å². The number of ether oxygens (including phenoxy) is 1. The Kier molecular flexibility index (Phi) is 6.18. The van der Waals surface area contributed by atoms with E-state index in [-0.39, 0.29) is 0 Å². The fourth-order valence-corrected chi connectivity index (χ4v) is 3.04. The van der Waals surface area contributed by atoms with Gasteiger partial charge in [0.1, 0.15) is 0 Å². The van der Waals surface area contributed by atoms with Crippen molar-refractivity contribution >= 4 is 11.3 Å². The number of nitrogens with one attached hydrogen (secondary N) is 1. The van der Waals surface area contributed by atoms with E-state index in [0.717, 1.165) is 38.2 Å². The van der Waals surface area contributed by atoms with Crippen LogP contribution in [0.5, 0.6) is 0 Å². The predicted molar refractivity (Wildman–Crippen MR) is 85.4 cm³/mol. The molecule has 1 heterocycles. The molecule has 4 heteroatoms. The summed E-state index contributed by atoms with van der Waals surface area (Å²) in [5, 5.41) is 4.63. The Morgan fingerprint density at radius 2 is 2.00 bits per heavy atom. The van der Waals surface area contributed by atoms with Gasteiger partial charge in [-0.15, -0.1) is 11.3 Å². The standard InChI is InChI=1S/C16H22N2OS/c1-13-16(14-7-4-3-5-8-14)18-15(20-13)9-11-17-10-6-12-19-2/h3-5,7-8,17H,6,9-12H2,1-2H3. The van der Waals surface area contributed by atoms with Gasteiger partial charge < -0.3 is 10.1 Å². The highest BCUT2D eigenvalue weighted by molar-refractivity contribution is 7.12.